The van der Waals surface area contributed by atoms with Crippen LogP contribution in [0.25, 0.3) is 98.5 Å². The van der Waals surface area contributed by atoms with E-state index < -0.39 is 0 Å². The number of nitrogens with zero attached hydrogens (tertiary/aromatic N) is 2. The van der Waals surface area contributed by atoms with Crippen molar-refractivity contribution in [3.05, 3.63) is 146 Å². The topological polar surface area (TPSA) is 25.8 Å². The van der Waals surface area contributed by atoms with Crippen LogP contribution in [0.5, 0.6) is 0 Å². The Hall–Kier alpha value is -5.86. The zero-order chi connectivity index (χ0) is 28.8. The van der Waals surface area contributed by atoms with Crippen molar-refractivity contribution in [3.63, 3.8) is 0 Å². The molecule has 0 atom stereocenters. The lowest BCUT2D eigenvalue weighted by Crippen LogP contribution is -1.92. The summed E-state index contributed by atoms with van der Waals surface area (Å²) in [6, 6.07) is 49.2. The fourth-order valence-corrected chi connectivity index (χ4v) is 7.68. The lowest BCUT2D eigenvalue weighted by atomic mass is 9.83. The van der Waals surface area contributed by atoms with E-state index >= 15 is 0 Å². The van der Waals surface area contributed by atoms with E-state index in [0.717, 1.165) is 11.3 Å². The van der Waals surface area contributed by atoms with Crippen LogP contribution in [0.4, 0.5) is 0 Å². The maximum Gasteiger partial charge on any atom is 0.116 e. The van der Waals surface area contributed by atoms with Crippen LogP contribution in [0.2, 0.25) is 0 Å². The van der Waals surface area contributed by atoms with Gasteiger partial charge in [0.15, 0.2) is 0 Å². The third kappa shape index (κ3) is 3.14. The van der Waals surface area contributed by atoms with Crippen molar-refractivity contribution in [1.82, 2.24) is 9.97 Å². The minimum Gasteiger partial charge on any atom is -0.244 e. The average Bonchev–Trinajstić information content (AvgIpc) is 3.41. The van der Waals surface area contributed by atoms with Gasteiger partial charge in [-0.05, 0) is 93.8 Å². The molecule has 0 spiro atoms. The summed E-state index contributed by atoms with van der Waals surface area (Å²) >= 11 is 0. The van der Waals surface area contributed by atoms with Gasteiger partial charge in [0.2, 0.25) is 0 Å². The highest BCUT2D eigenvalue weighted by Gasteiger charge is 2.25. The maximum atomic E-state index is 4.68. The summed E-state index contributed by atoms with van der Waals surface area (Å²) in [5.74, 6) is 0. The van der Waals surface area contributed by atoms with Gasteiger partial charge in [0.05, 0.1) is 5.69 Å². The summed E-state index contributed by atoms with van der Waals surface area (Å²) in [5, 5.41) is 12.6. The molecule has 10 rings (SSSR count). The Morgan fingerprint density at radius 1 is 0.364 bits per heavy atom. The molecule has 1 aliphatic rings. The lowest BCUT2D eigenvalue weighted by Gasteiger charge is -2.20. The van der Waals surface area contributed by atoms with Crippen LogP contribution < -0.4 is 0 Å². The highest BCUT2D eigenvalue weighted by Crippen LogP contribution is 2.51. The van der Waals surface area contributed by atoms with Gasteiger partial charge in [-0.15, -0.1) is 0 Å². The quantitative estimate of drug-likeness (QED) is 0.198. The molecule has 0 aliphatic heterocycles. The summed E-state index contributed by atoms with van der Waals surface area (Å²) in [4.78, 5) is 9.03. The van der Waals surface area contributed by atoms with E-state index in [2.05, 4.69) is 143 Å². The lowest BCUT2D eigenvalue weighted by molar-refractivity contribution is 1.18. The minimum atomic E-state index is 1.02. The summed E-state index contributed by atoms with van der Waals surface area (Å²) in [5.41, 5.74) is 9.60. The molecule has 1 aliphatic carbocycles. The van der Waals surface area contributed by atoms with Crippen LogP contribution in [0, 0.1) is 0 Å². The molecule has 8 aromatic carbocycles. The van der Waals surface area contributed by atoms with Crippen LogP contribution in [-0.2, 0) is 0 Å². The van der Waals surface area contributed by atoms with Gasteiger partial charge in [-0.3, -0.25) is 0 Å². The molecule has 0 bridgehead atoms. The Morgan fingerprint density at radius 2 is 0.909 bits per heavy atom. The van der Waals surface area contributed by atoms with Gasteiger partial charge in [0.25, 0.3) is 0 Å². The largest absolute Gasteiger partial charge is 0.244 e. The molecule has 1 aromatic heterocycles. The van der Waals surface area contributed by atoms with Crippen LogP contribution in [0.15, 0.2) is 146 Å². The van der Waals surface area contributed by atoms with Gasteiger partial charge in [-0.2, -0.15) is 0 Å². The normalized spacial score (nSPS) is 12.1. The van der Waals surface area contributed by atoms with E-state index in [1.165, 1.54) is 87.2 Å². The van der Waals surface area contributed by atoms with Gasteiger partial charge in [0, 0.05) is 17.3 Å². The zero-order valence-electron chi connectivity index (χ0n) is 23.8. The van der Waals surface area contributed by atoms with E-state index in [1.54, 1.807) is 6.33 Å². The number of benzene rings is 8. The van der Waals surface area contributed by atoms with E-state index in [4.69, 9.17) is 0 Å². The van der Waals surface area contributed by atoms with E-state index in [1.807, 2.05) is 6.20 Å². The second-order valence-electron chi connectivity index (χ2n) is 11.7. The van der Waals surface area contributed by atoms with Crippen LogP contribution in [0.3, 0.4) is 0 Å². The van der Waals surface area contributed by atoms with Crippen LogP contribution in [0.1, 0.15) is 0 Å². The molecule has 202 valence electrons. The molecule has 0 fully saturated rings. The fraction of sp³-hybridized carbons (Fsp3) is 0. The van der Waals surface area contributed by atoms with Crippen LogP contribution >= 0.6 is 0 Å². The Morgan fingerprint density at radius 3 is 1.64 bits per heavy atom. The first-order valence-corrected chi connectivity index (χ1v) is 15.1. The van der Waals surface area contributed by atoms with Crippen molar-refractivity contribution in [3.8, 4) is 44.6 Å². The molecule has 2 nitrogen and oxygen atoms in total. The standard InChI is InChI=1S/C42H24N2/c1-2-10-26-22-37-27(21-25(26)9-1)11-7-16-33(37)39-28-12-3-5-14-30(28)40(31-15-6-4-13-29(31)39)34-19-20-35-38-23-43-24-44-42(38)36-18-8-17-32(34)41(35)36/h1-24H. The third-order valence-corrected chi connectivity index (χ3v) is 9.52. The summed E-state index contributed by atoms with van der Waals surface area (Å²) in [7, 11) is 0. The number of hydrogen-bond acceptors (Lipinski definition) is 2. The number of rotatable bonds is 2. The van der Waals surface area contributed by atoms with E-state index in [-0.39, 0.29) is 0 Å². The second kappa shape index (κ2) is 8.82. The fourth-order valence-electron chi connectivity index (χ4n) is 7.68. The monoisotopic (exact) mass is 556 g/mol. The molecule has 2 heteroatoms. The van der Waals surface area contributed by atoms with Gasteiger partial charge >= 0.3 is 0 Å². The Kier molecular flexibility index (Phi) is 4.75. The molecular formula is C42H24N2. The van der Waals surface area contributed by atoms with Crippen molar-refractivity contribution in [2.24, 2.45) is 0 Å². The first kappa shape index (κ1) is 23.7. The molecule has 0 saturated heterocycles. The highest BCUT2D eigenvalue weighted by atomic mass is 14.8. The predicted octanol–water partition coefficient (Wildman–Crippen LogP) is 11.2. The molecular weight excluding hydrogens is 532 g/mol. The van der Waals surface area contributed by atoms with Crippen molar-refractivity contribution in [2.75, 3.05) is 0 Å². The van der Waals surface area contributed by atoms with Crippen molar-refractivity contribution >= 4 is 53.9 Å². The molecule has 0 N–H and O–H groups in total. The Labute approximate surface area is 253 Å². The maximum absolute atomic E-state index is 4.68. The van der Waals surface area contributed by atoms with Gasteiger partial charge in [0.1, 0.15) is 6.33 Å². The molecule has 0 unspecified atom stereocenters. The Balaban J connectivity index is 1.34. The van der Waals surface area contributed by atoms with Crippen LogP contribution in [-0.4, -0.2) is 9.97 Å². The molecule has 0 saturated carbocycles. The molecule has 9 aromatic rings. The van der Waals surface area contributed by atoms with Crippen molar-refractivity contribution < 1.29 is 0 Å². The van der Waals surface area contributed by atoms with Crippen molar-refractivity contribution in [2.45, 2.75) is 0 Å². The highest BCUT2D eigenvalue weighted by molar-refractivity contribution is 6.27. The zero-order valence-corrected chi connectivity index (χ0v) is 23.8. The summed E-state index contributed by atoms with van der Waals surface area (Å²) in [6.45, 7) is 0. The molecule has 0 amide bonds. The molecule has 44 heavy (non-hydrogen) atoms. The summed E-state index contributed by atoms with van der Waals surface area (Å²) < 4.78 is 0. The number of fused-ring (bicyclic) bond motifs is 7. The number of aromatic nitrogens is 2. The predicted molar refractivity (Wildman–Crippen MR) is 185 cm³/mol. The van der Waals surface area contributed by atoms with E-state index in [9.17, 15) is 0 Å². The van der Waals surface area contributed by atoms with Crippen molar-refractivity contribution in [1.29, 1.82) is 0 Å². The summed E-state index contributed by atoms with van der Waals surface area (Å²) in [6.07, 6.45) is 3.60. The number of hydrogen-bond donors (Lipinski definition) is 0. The van der Waals surface area contributed by atoms with Gasteiger partial charge in [-0.1, -0.05) is 121 Å². The first-order chi connectivity index (χ1) is 21.8. The minimum absolute atomic E-state index is 1.02. The first-order valence-electron chi connectivity index (χ1n) is 15.1. The molecule has 0 radical (unpaired) electrons. The van der Waals surface area contributed by atoms with Gasteiger partial charge < -0.3 is 0 Å². The average molecular weight is 557 g/mol. The van der Waals surface area contributed by atoms with Gasteiger partial charge in [-0.25, -0.2) is 9.97 Å². The Bertz CT molecular complexity index is 2580. The third-order valence-electron chi connectivity index (χ3n) is 9.52. The smallest absolute Gasteiger partial charge is 0.116 e. The van der Waals surface area contributed by atoms with E-state index in [0.29, 0.717) is 0 Å². The molecule has 1 heterocycles. The second-order valence-corrected chi connectivity index (χ2v) is 11.7. The SMILES string of the molecule is c1ccc2cc3c(-c4c5ccccc5c(-c5ccc6c7c(cccc57)-c5ncncc5-6)c5ccccc45)cccc3cc2c1.